The van der Waals surface area contributed by atoms with Gasteiger partial charge in [-0.15, -0.1) is 0 Å². The Labute approximate surface area is 187 Å². The Hall–Kier alpha value is -2.56. The summed E-state index contributed by atoms with van der Waals surface area (Å²) in [5, 5.41) is 2.60. The zero-order chi connectivity index (χ0) is 23.5. The number of carbonyl (C=O) groups is 1. The molecule has 1 heterocycles. The third-order valence-corrected chi connectivity index (χ3v) is 6.97. The number of benzene rings is 2. The van der Waals surface area contributed by atoms with Crippen LogP contribution in [0, 0.1) is 11.6 Å². The van der Waals surface area contributed by atoms with E-state index < -0.39 is 34.1 Å². The molecule has 1 aliphatic rings. The highest BCUT2D eigenvalue weighted by Gasteiger charge is 2.25. The minimum Gasteiger partial charge on any atom is -0.372 e. The summed E-state index contributed by atoms with van der Waals surface area (Å²) < 4.78 is 59.3. The third-order valence-electron chi connectivity index (χ3n) is 5.15. The summed E-state index contributed by atoms with van der Waals surface area (Å²) in [7, 11) is -2.68. The van der Waals surface area contributed by atoms with Gasteiger partial charge in [0, 0.05) is 26.7 Å². The Kier molecular flexibility index (Phi) is 7.47. The van der Waals surface area contributed by atoms with Gasteiger partial charge in [-0.25, -0.2) is 17.2 Å². The van der Waals surface area contributed by atoms with Gasteiger partial charge in [-0.2, -0.15) is 4.31 Å². The van der Waals surface area contributed by atoms with Crippen molar-refractivity contribution in [2.75, 3.05) is 31.6 Å². The van der Waals surface area contributed by atoms with Crippen LogP contribution in [-0.2, 0) is 26.1 Å². The second-order valence-electron chi connectivity index (χ2n) is 7.94. The molecular weight excluding hydrogens is 440 g/mol. The largest absolute Gasteiger partial charge is 0.372 e. The van der Waals surface area contributed by atoms with Gasteiger partial charge in [-0.1, -0.05) is 6.07 Å². The van der Waals surface area contributed by atoms with E-state index in [1.54, 1.807) is 12.1 Å². The molecule has 1 N–H and O–H groups in total. The molecule has 0 saturated carbocycles. The molecule has 2 aromatic carbocycles. The lowest BCUT2D eigenvalue weighted by atomic mass is 10.1. The number of ether oxygens (including phenoxy) is 1. The fourth-order valence-electron chi connectivity index (χ4n) is 3.62. The molecule has 2 unspecified atom stereocenters. The fourth-order valence-corrected chi connectivity index (χ4v) is 4.75. The van der Waals surface area contributed by atoms with Gasteiger partial charge in [0.1, 0.15) is 11.6 Å². The summed E-state index contributed by atoms with van der Waals surface area (Å²) in [6, 6.07) is 9.11. The van der Waals surface area contributed by atoms with Crippen LogP contribution in [0.1, 0.15) is 19.4 Å². The smallest absolute Gasteiger partial charge is 0.243 e. The molecule has 0 aliphatic carbocycles. The highest BCUT2D eigenvalue weighted by atomic mass is 32.2. The van der Waals surface area contributed by atoms with Crippen molar-refractivity contribution >= 4 is 21.6 Å². The maximum Gasteiger partial charge on any atom is 0.243 e. The predicted octanol–water partition coefficient (Wildman–Crippen LogP) is 2.52. The molecule has 0 spiro atoms. The van der Waals surface area contributed by atoms with Crippen molar-refractivity contribution in [1.82, 2.24) is 9.62 Å². The molecule has 3 rings (SSSR count). The van der Waals surface area contributed by atoms with E-state index in [4.69, 9.17) is 4.74 Å². The maximum atomic E-state index is 14.7. The molecule has 1 fully saturated rings. The zero-order valence-corrected chi connectivity index (χ0v) is 19.0. The molecule has 1 saturated heterocycles. The van der Waals surface area contributed by atoms with E-state index in [9.17, 15) is 22.0 Å². The lowest BCUT2D eigenvalue weighted by Crippen LogP contribution is -2.45. The second-order valence-corrected chi connectivity index (χ2v) is 9.98. The van der Waals surface area contributed by atoms with E-state index in [1.165, 1.54) is 13.1 Å². The van der Waals surface area contributed by atoms with Crippen molar-refractivity contribution in [3.63, 3.8) is 0 Å². The summed E-state index contributed by atoms with van der Waals surface area (Å²) in [5.41, 5.74) is 1.03. The first-order valence-corrected chi connectivity index (χ1v) is 11.7. The van der Waals surface area contributed by atoms with Gasteiger partial charge >= 0.3 is 0 Å². The van der Waals surface area contributed by atoms with Crippen LogP contribution < -0.4 is 10.2 Å². The number of rotatable bonds is 7. The number of nitrogens with zero attached hydrogens (tertiary/aromatic N) is 2. The molecule has 2 aromatic rings. The van der Waals surface area contributed by atoms with Gasteiger partial charge in [-0.3, -0.25) is 4.79 Å². The van der Waals surface area contributed by atoms with E-state index in [0.717, 1.165) is 28.6 Å². The maximum absolute atomic E-state index is 14.7. The molecule has 0 aromatic heterocycles. The number of sulfonamides is 1. The number of amides is 1. The summed E-state index contributed by atoms with van der Waals surface area (Å²) in [6.45, 7) is 4.69. The quantitative estimate of drug-likeness (QED) is 0.677. The van der Waals surface area contributed by atoms with Crippen LogP contribution in [0.2, 0.25) is 0 Å². The van der Waals surface area contributed by atoms with Crippen LogP contribution in [-0.4, -0.2) is 57.5 Å². The topological polar surface area (TPSA) is 79.0 Å². The molecule has 10 heteroatoms. The summed E-state index contributed by atoms with van der Waals surface area (Å²) >= 11 is 0. The van der Waals surface area contributed by atoms with Crippen molar-refractivity contribution < 1.29 is 26.7 Å². The standard InChI is InChI=1S/C22H27F2N3O4S/c1-15-12-27(13-16(2)31-15)21-9-4-17(10-20(21)24)11-25-22(28)14-26(3)32(29,30)19-7-5-18(23)6-8-19/h4-10,15-16H,11-14H2,1-3H3,(H,25,28). The molecule has 0 radical (unpaired) electrons. The van der Waals surface area contributed by atoms with Crippen molar-refractivity contribution in [3.05, 3.63) is 59.7 Å². The molecule has 1 amide bonds. The number of likely N-dealkylation sites (N-methyl/N-ethyl adjacent to an activating group) is 1. The average Bonchev–Trinajstić information content (AvgIpc) is 2.72. The first-order chi connectivity index (χ1) is 15.1. The molecular formula is C22H27F2N3O4S. The van der Waals surface area contributed by atoms with Gasteiger partial charge < -0.3 is 15.0 Å². The van der Waals surface area contributed by atoms with E-state index >= 15 is 0 Å². The Bertz CT molecular complexity index is 1050. The molecule has 32 heavy (non-hydrogen) atoms. The highest BCUT2D eigenvalue weighted by Crippen LogP contribution is 2.24. The summed E-state index contributed by atoms with van der Waals surface area (Å²) in [6.07, 6.45) is 0.000542. The van der Waals surface area contributed by atoms with Crippen LogP contribution in [0.4, 0.5) is 14.5 Å². The van der Waals surface area contributed by atoms with E-state index in [-0.39, 0.29) is 23.6 Å². The molecule has 0 bridgehead atoms. The SMILES string of the molecule is CC1CN(c2ccc(CNC(=O)CN(C)S(=O)(=O)c3ccc(F)cc3)cc2F)CC(C)O1. The first kappa shape index (κ1) is 24.1. The Morgan fingerprint density at radius 1 is 1.12 bits per heavy atom. The molecule has 1 aliphatic heterocycles. The lowest BCUT2D eigenvalue weighted by Gasteiger charge is -2.37. The van der Waals surface area contributed by atoms with Crippen LogP contribution in [0.25, 0.3) is 0 Å². The van der Waals surface area contributed by atoms with E-state index in [1.807, 2.05) is 18.7 Å². The highest BCUT2D eigenvalue weighted by molar-refractivity contribution is 7.89. The first-order valence-electron chi connectivity index (χ1n) is 10.2. The van der Waals surface area contributed by atoms with Gasteiger partial charge in [0.15, 0.2) is 0 Å². The number of nitrogens with one attached hydrogen (secondary N) is 1. The Balaban J connectivity index is 1.57. The lowest BCUT2D eigenvalue weighted by molar-refractivity contribution is -0.121. The monoisotopic (exact) mass is 467 g/mol. The summed E-state index contributed by atoms with van der Waals surface area (Å²) in [4.78, 5) is 14.1. The normalized spacial score (nSPS) is 19.2. The van der Waals surface area contributed by atoms with Crippen molar-refractivity contribution in [2.24, 2.45) is 0 Å². The minimum absolute atomic E-state index is 0.000271. The average molecular weight is 468 g/mol. The number of hydrogen-bond acceptors (Lipinski definition) is 5. The summed E-state index contributed by atoms with van der Waals surface area (Å²) in [5.74, 6) is -1.49. The predicted molar refractivity (Wildman–Crippen MR) is 117 cm³/mol. The second kappa shape index (κ2) is 9.93. The number of hydrogen-bond donors (Lipinski definition) is 1. The number of anilines is 1. The molecule has 7 nitrogen and oxygen atoms in total. The van der Waals surface area contributed by atoms with Crippen LogP contribution in [0.3, 0.4) is 0 Å². The van der Waals surface area contributed by atoms with Crippen molar-refractivity contribution in [3.8, 4) is 0 Å². The number of morpholine rings is 1. The van der Waals surface area contributed by atoms with Gasteiger partial charge in [0.2, 0.25) is 15.9 Å². The van der Waals surface area contributed by atoms with E-state index in [0.29, 0.717) is 24.3 Å². The van der Waals surface area contributed by atoms with Crippen LogP contribution in [0.5, 0.6) is 0 Å². The van der Waals surface area contributed by atoms with Crippen LogP contribution >= 0.6 is 0 Å². The zero-order valence-electron chi connectivity index (χ0n) is 18.2. The number of carbonyl (C=O) groups excluding carboxylic acids is 1. The van der Waals surface area contributed by atoms with Gasteiger partial charge in [0.25, 0.3) is 0 Å². The third kappa shape index (κ3) is 5.81. The Morgan fingerprint density at radius 3 is 2.34 bits per heavy atom. The minimum atomic E-state index is -3.94. The molecule has 174 valence electrons. The van der Waals surface area contributed by atoms with Crippen LogP contribution in [0.15, 0.2) is 47.4 Å². The van der Waals surface area contributed by atoms with Crippen molar-refractivity contribution in [1.29, 1.82) is 0 Å². The van der Waals surface area contributed by atoms with Gasteiger partial charge in [0.05, 0.1) is 29.3 Å². The van der Waals surface area contributed by atoms with Gasteiger partial charge in [-0.05, 0) is 55.8 Å². The molecule has 2 atom stereocenters. The van der Waals surface area contributed by atoms with Crippen molar-refractivity contribution in [2.45, 2.75) is 37.5 Å². The van der Waals surface area contributed by atoms with E-state index in [2.05, 4.69) is 5.32 Å². The number of halogens is 2. The fraction of sp³-hybridized carbons (Fsp3) is 0.409. The Morgan fingerprint density at radius 2 is 1.75 bits per heavy atom.